The van der Waals surface area contributed by atoms with E-state index in [4.69, 9.17) is 5.73 Å². The van der Waals surface area contributed by atoms with Crippen LogP contribution in [0.15, 0.2) is 18.5 Å². The van der Waals surface area contributed by atoms with Crippen LogP contribution in [0.25, 0.3) is 0 Å². The van der Waals surface area contributed by atoms with E-state index in [0.29, 0.717) is 5.92 Å². The first-order chi connectivity index (χ1) is 7.69. The molecule has 0 fully saturated rings. The van der Waals surface area contributed by atoms with Gasteiger partial charge in [-0.05, 0) is 24.0 Å². The minimum atomic E-state index is -0.307. The maximum absolute atomic E-state index is 13.0. The van der Waals surface area contributed by atoms with E-state index in [-0.39, 0.29) is 11.9 Å². The first-order valence-corrected chi connectivity index (χ1v) is 6.05. The largest absolute Gasteiger partial charge is 0.324 e. The molecule has 0 aliphatic carbocycles. The van der Waals surface area contributed by atoms with E-state index in [9.17, 15) is 4.39 Å². The Morgan fingerprint density at radius 1 is 1.38 bits per heavy atom. The Bertz CT molecular complexity index is 315. The first-order valence-electron chi connectivity index (χ1n) is 6.05. The highest BCUT2D eigenvalue weighted by Crippen LogP contribution is 2.26. The van der Waals surface area contributed by atoms with Gasteiger partial charge in [0.15, 0.2) is 0 Å². The lowest BCUT2D eigenvalue weighted by atomic mass is 9.88. The zero-order valence-corrected chi connectivity index (χ0v) is 10.1. The average molecular weight is 224 g/mol. The van der Waals surface area contributed by atoms with E-state index in [1.165, 1.54) is 25.1 Å². The fourth-order valence-corrected chi connectivity index (χ4v) is 1.99. The highest BCUT2D eigenvalue weighted by atomic mass is 19.1. The van der Waals surface area contributed by atoms with Crippen molar-refractivity contribution in [2.75, 3.05) is 0 Å². The van der Waals surface area contributed by atoms with Crippen molar-refractivity contribution in [1.29, 1.82) is 0 Å². The number of unbranched alkanes of at least 4 members (excludes halogenated alkanes) is 1. The predicted molar refractivity (Wildman–Crippen MR) is 64.4 cm³/mol. The molecule has 2 unspecified atom stereocenters. The van der Waals surface area contributed by atoms with Gasteiger partial charge in [-0.1, -0.05) is 33.1 Å². The van der Waals surface area contributed by atoms with E-state index < -0.39 is 0 Å². The van der Waals surface area contributed by atoms with Gasteiger partial charge in [-0.25, -0.2) is 4.39 Å². The Hall–Kier alpha value is -0.960. The number of rotatable bonds is 6. The van der Waals surface area contributed by atoms with Crippen LogP contribution in [0.4, 0.5) is 4.39 Å². The van der Waals surface area contributed by atoms with Gasteiger partial charge in [0.2, 0.25) is 0 Å². The van der Waals surface area contributed by atoms with Crippen molar-refractivity contribution < 1.29 is 4.39 Å². The van der Waals surface area contributed by atoms with Crippen LogP contribution in [-0.2, 0) is 0 Å². The summed E-state index contributed by atoms with van der Waals surface area (Å²) in [6.07, 6.45) is 7.35. The molecule has 0 bridgehead atoms. The SMILES string of the molecule is CCCCC(CC)C(N)c1cncc(F)c1. The van der Waals surface area contributed by atoms with Crippen molar-refractivity contribution in [3.63, 3.8) is 0 Å². The predicted octanol–water partition coefficient (Wildman–Crippen LogP) is 3.44. The molecule has 0 aliphatic heterocycles. The lowest BCUT2D eigenvalue weighted by molar-refractivity contribution is 0.376. The number of hydrogen-bond donors (Lipinski definition) is 1. The van der Waals surface area contributed by atoms with Crippen LogP contribution in [0.5, 0.6) is 0 Å². The van der Waals surface area contributed by atoms with Gasteiger partial charge in [0.1, 0.15) is 5.82 Å². The van der Waals surface area contributed by atoms with Crippen molar-refractivity contribution in [3.8, 4) is 0 Å². The Balaban J connectivity index is 2.70. The summed E-state index contributed by atoms with van der Waals surface area (Å²) in [4.78, 5) is 3.85. The van der Waals surface area contributed by atoms with Crippen LogP contribution in [-0.4, -0.2) is 4.98 Å². The summed E-state index contributed by atoms with van der Waals surface area (Å²) in [5.41, 5.74) is 6.96. The van der Waals surface area contributed by atoms with Crippen LogP contribution >= 0.6 is 0 Å². The van der Waals surface area contributed by atoms with Gasteiger partial charge >= 0.3 is 0 Å². The maximum atomic E-state index is 13.0. The summed E-state index contributed by atoms with van der Waals surface area (Å²) in [7, 11) is 0. The monoisotopic (exact) mass is 224 g/mol. The molecule has 0 aliphatic rings. The molecule has 0 aromatic carbocycles. The van der Waals surface area contributed by atoms with Crippen molar-refractivity contribution in [2.45, 2.75) is 45.6 Å². The molecule has 1 rings (SSSR count). The summed E-state index contributed by atoms with van der Waals surface area (Å²) in [6, 6.07) is 1.39. The minimum absolute atomic E-state index is 0.0975. The molecule has 0 spiro atoms. The minimum Gasteiger partial charge on any atom is -0.324 e. The number of nitrogens with zero attached hydrogens (tertiary/aromatic N) is 1. The average Bonchev–Trinajstić information content (AvgIpc) is 2.29. The first kappa shape index (κ1) is 13.1. The summed E-state index contributed by atoms with van der Waals surface area (Å²) in [6.45, 7) is 4.30. The molecule has 90 valence electrons. The molecule has 0 saturated heterocycles. The Kier molecular flexibility index (Phi) is 5.39. The highest BCUT2D eigenvalue weighted by molar-refractivity contribution is 5.15. The third kappa shape index (κ3) is 3.56. The van der Waals surface area contributed by atoms with Gasteiger partial charge in [-0.2, -0.15) is 0 Å². The van der Waals surface area contributed by atoms with Crippen LogP contribution in [0.1, 0.15) is 51.1 Å². The summed E-state index contributed by atoms with van der Waals surface area (Å²) in [5.74, 6) is 0.113. The van der Waals surface area contributed by atoms with Crippen molar-refractivity contribution in [1.82, 2.24) is 4.98 Å². The third-order valence-corrected chi connectivity index (χ3v) is 3.07. The molecule has 2 atom stereocenters. The van der Waals surface area contributed by atoms with E-state index >= 15 is 0 Å². The molecule has 1 heterocycles. The molecule has 0 radical (unpaired) electrons. The summed E-state index contributed by atoms with van der Waals surface area (Å²) >= 11 is 0. The third-order valence-electron chi connectivity index (χ3n) is 3.07. The molecule has 1 aromatic heterocycles. The Morgan fingerprint density at radius 3 is 2.69 bits per heavy atom. The van der Waals surface area contributed by atoms with E-state index in [1.807, 2.05) is 0 Å². The van der Waals surface area contributed by atoms with Gasteiger partial charge in [-0.15, -0.1) is 0 Å². The van der Waals surface area contributed by atoms with Crippen LogP contribution in [0, 0.1) is 11.7 Å². The topological polar surface area (TPSA) is 38.9 Å². The van der Waals surface area contributed by atoms with Crippen molar-refractivity contribution >= 4 is 0 Å². The normalized spacial score (nSPS) is 14.8. The molecule has 2 N–H and O–H groups in total. The fraction of sp³-hybridized carbons (Fsp3) is 0.615. The molecule has 0 amide bonds. The zero-order valence-electron chi connectivity index (χ0n) is 10.1. The highest BCUT2D eigenvalue weighted by Gasteiger charge is 2.17. The summed E-state index contributed by atoms with van der Waals surface area (Å²) in [5, 5.41) is 0. The maximum Gasteiger partial charge on any atom is 0.141 e. The van der Waals surface area contributed by atoms with Crippen LogP contribution in [0.3, 0.4) is 0 Å². The summed E-state index contributed by atoms with van der Waals surface area (Å²) < 4.78 is 13.0. The number of halogens is 1. The number of hydrogen-bond acceptors (Lipinski definition) is 2. The second kappa shape index (κ2) is 6.59. The molecule has 1 aromatic rings. The van der Waals surface area contributed by atoms with E-state index in [2.05, 4.69) is 18.8 Å². The van der Waals surface area contributed by atoms with Crippen molar-refractivity contribution in [3.05, 3.63) is 29.8 Å². The second-order valence-corrected chi connectivity index (χ2v) is 4.27. The van der Waals surface area contributed by atoms with Gasteiger partial charge in [0, 0.05) is 12.2 Å². The molecule has 2 nitrogen and oxygen atoms in total. The zero-order chi connectivity index (χ0) is 12.0. The fourth-order valence-electron chi connectivity index (χ4n) is 1.99. The van der Waals surface area contributed by atoms with Gasteiger partial charge in [0.05, 0.1) is 6.20 Å². The van der Waals surface area contributed by atoms with Gasteiger partial charge in [0.25, 0.3) is 0 Å². The van der Waals surface area contributed by atoms with Crippen molar-refractivity contribution in [2.24, 2.45) is 11.7 Å². The van der Waals surface area contributed by atoms with Gasteiger partial charge in [-0.3, -0.25) is 4.98 Å². The Morgan fingerprint density at radius 2 is 2.12 bits per heavy atom. The second-order valence-electron chi connectivity index (χ2n) is 4.27. The molecular formula is C13H21FN2. The number of nitrogens with two attached hydrogens (primary N) is 1. The number of aromatic nitrogens is 1. The van der Waals surface area contributed by atoms with E-state index in [0.717, 1.165) is 18.4 Å². The quantitative estimate of drug-likeness (QED) is 0.804. The van der Waals surface area contributed by atoms with Gasteiger partial charge < -0.3 is 5.73 Å². The standard InChI is InChI=1S/C13H21FN2/c1-3-5-6-10(4-2)13(15)11-7-12(14)9-16-8-11/h7-10,13H,3-6,15H2,1-2H3. The van der Waals surface area contributed by atoms with E-state index in [1.54, 1.807) is 6.20 Å². The van der Waals surface area contributed by atoms with Crippen LogP contribution < -0.4 is 5.73 Å². The lowest BCUT2D eigenvalue weighted by Gasteiger charge is -2.22. The molecule has 0 saturated carbocycles. The Labute approximate surface area is 97.1 Å². The smallest absolute Gasteiger partial charge is 0.141 e. The van der Waals surface area contributed by atoms with Crippen LogP contribution in [0.2, 0.25) is 0 Å². The molecule has 3 heteroatoms. The molecule has 16 heavy (non-hydrogen) atoms. The lowest BCUT2D eigenvalue weighted by Crippen LogP contribution is -2.21. The molecular weight excluding hydrogens is 203 g/mol. The number of pyridine rings is 1.